The third kappa shape index (κ3) is 7.18. The molecular formula is C19H26F3IN6. The number of nitrogens with zero attached hydrogens (tertiary/aromatic N) is 4. The molecular weight excluding hydrogens is 496 g/mol. The molecule has 0 aliphatic carbocycles. The molecule has 2 aromatic rings. The fourth-order valence-electron chi connectivity index (χ4n) is 3.26. The topological polar surface area (TPSA) is 57.5 Å². The summed E-state index contributed by atoms with van der Waals surface area (Å²) in [4.78, 5) is 6.49. The number of hydrogen-bond donors (Lipinski definition) is 2. The van der Waals surface area contributed by atoms with Crippen LogP contribution in [-0.4, -0.2) is 53.4 Å². The Morgan fingerprint density at radius 2 is 2.03 bits per heavy atom. The summed E-state index contributed by atoms with van der Waals surface area (Å²) in [7, 11) is 1.73. The fraction of sp³-hybridized carbons (Fsp3) is 0.474. The molecule has 1 unspecified atom stereocenters. The maximum atomic E-state index is 12.7. The van der Waals surface area contributed by atoms with Gasteiger partial charge in [0.05, 0.1) is 12.1 Å². The van der Waals surface area contributed by atoms with Gasteiger partial charge >= 0.3 is 6.18 Å². The highest BCUT2D eigenvalue weighted by Crippen LogP contribution is 2.29. The Kier molecular flexibility index (Phi) is 8.75. The molecule has 0 amide bonds. The lowest BCUT2D eigenvalue weighted by Gasteiger charge is -2.19. The van der Waals surface area contributed by atoms with Crippen molar-refractivity contribution in [3.05, 3.63) is 53.9 Å². The molecule has 1 aliphatic rings. The van der Waals surface area contributed by atoms with E-state index in [0.717, 1.165) is 49.7 Å². The number of hydrogen-bond acceptors (Lipinski definition) is 3. The van der Waals surface area contributed by atoms with Crippen molar-refractivity contribution in [3.63, 3.8) is 0 Å². The van der Waals surface area contributed by atoms with Gasteiger partial charge in [-0.1, -0.05) is 12.1 Å². The smallest absolute Gasteiger partial charge is 0.355 e. The first-order valence-corrected chi connectivity index (χ1v) is 9.27. The van der Waals surface area contributed by atoms with Crippen LogP contribution in [0.3, 0.4) is 0 Å². The van der Waals surface area contributed by atoms with Gasteiger partial charge in [0.1, 0.15) is 0 Å². The minimum Gasteiger partial charge on any atom is -0.355 e. The van der Waals surface area contributed by atoms with Gasteiger partial charge in [-0.2, -0.15) is 18.3 Å². The van der Waals surface area contributed by atoms with E-state index >= 15 is 0 Å². The Morgan fingerprint density at radius 3 is 2.66 bits per heavy atom. The summed E-state index contributed by atoms with van der Waals surface area (Å²) in [6, 6.07) is 7.54. The molecule has 2 N–H and O–H groups in total. The van der Waals surface area contributed by atoms with E-state index in [1.165, 1.54) is 0 Å². The lowest BCUT2D eigenvalue weighted by atomic mass is 10.1. The van der Waals surface area contributed by atoms with E-state index in [0.29, 0.717) is 13.1 Å². The highest BCUT2D eigenvalue weighted by Gasteiger charge is 2.30. The third-order valence-corrected chi connectivity index (χ3v) is 4.72. The first-order valence-electron chi connectivity index (χ1n) is 9.27. The van der Waals surface area contributed by atoms with Gasteiger partial charge in [0.25, 0.3) is 0 Å². The number of halogens is 4. The Morgan fingerprint density at radius 1 is 1.28 bits per heavy atom. The number of aromatic nitrogens is 2. The molecule has 0 spiro atoms. The second-order valence-corrected chi connectivity index (χ2v) is 6.83. The maximum Gasteiger partial charge on any atom is 0.416 e. The monoisotopic (exact) mass is 522 g/mol. The predicted octanol–water partition coefficient (Wildman–Crippen LogP) is 2.96. The van der Waals surface area contributed by atoms with E-state index in [1.807, 2.05) is 16.9 Å². The molecule has 3 rings (SSSR count). The van der Waals surface area contributed by atoms with E-state index in [1.54, 1.807) is 25.4 Å². The minimum atomic E-state index is -4.29. The average Bonchev–Trinajstić information content (AvgIpc) is 3.33. The molecule has 1 aromatic carbocycles. The summed E-state index contributed by atoms with van der Waals surface area (Å²) in [6.45, 7) is 3.81. The van der Waals surface area contributed by atoms with Crippen molar-refractivity contribution in [3.8, 4) is 0 Å². The Hall–Kier alpha value is -1.82. The van der Waals surface area contributed by atoms with Gasteiger partial charge in [-0.25, -0.2) is 0 Å². The summed E-state index contributed by atoms with van der Waals surface area (Å²) in [5, 5.41) is 10.8. The van der Waals surface area contributed by atoms with E-state index in [9.17, 15) is 13.2 Å². The van der Waals surface area contributed by atoms with Gasteiger partial charge in [0, 0.05) is 51.7 Å². The number of nitrogens with one attached hydrogen (secondary N) is 2. The highest BCUT2D eigenvalue weighted by atomic mass is 127. The predicted molar refractivity (Wildman–Crippen MR) is 117 cm³/mol. The molecule has 6 nitrogen and oxygen atoms in total. The van der Waals surface area contributed by atoms with Crippen LogP contribution < -0.4 is 10.6 Å². The van der Waals surface area contributed by atoms with Crippen molar-refractivity contribution in [2.45, 2.75) is 31.7 Å². The third-order valence-electron chi connectivity index (χ3n) is 4.72. The zero-order chi connectivity index (χ0) is 20.0. The van der Waals surface area contributed by atoms with Crippen LogP contribution in [0.15, 0.2) is 47.7 Å². The summed E-state index contributed by atoms with van der Waals surface area (Å²) in [6.07, 6.45) is 0.326. The molecule has 0 radical (unpaired) electrons. The van der Waals surface area contributed by atoms with Crippen LogP contribution in [0.1, 0.15) is 17.5 Å². The first kappa shape index (κ1) is 23.5. The maximum absolute atomic E-state index is 12.7. The fourth-order valence-corrected chi connectivity index (χ4v) is 3.26. The summed E-state index contributed by atoms with van der Waals surface area (Å²) < 4.78 is 39.8. The van der Waals surface area contributed by atoms with E-state index < -0.39 is 11.7 Å². The molecule has 0 saturated carbocycles. The molecule has 1 atom stereocenters. The first-order chi connectivity index (χ1) is 13.4. The standard InChI is InChI=1S/C19H25F3N6.HI/c1-23-18(24-9-12-28-10-2-8-25-28)26-17-7-11-27(14-17)13-15-3-5-16(6-4-15)19(20,21)22;/h2-6,8,10,17H,7,9,11-14H2,1H3,(H2,23,24,26);1H. The normalized spacial score (nSPS) is 17.8. The second kappa shape index (κ2) is 10.8. The van der Waals surface area contributed by atoms with Gasteiger partial charge in [0.2, 0.25) is 0 Å². The Labute approximate surface area is 185 Å². The van der Waals surface area contributed by atoms with Crippen molar-refractivity contribution in [2.75, 3.05) is 26.7 Å². The summed E-state index contributed by atoms with van der Waals surface area (Å²) >= 11 is 0. The van der Waals surface area contributed by atoms with Crippen molar-refractivity contribution in [2.24, 2.45) is 4.99 Å². The SMILES string of the molecule is CN=C(NCCn1cccn1)NC1CCN(Cc2ccc(C(F)(F)F)cc2)C1.I. The largest absolute Gasteiger partial charge is 0.416 e. The zero-order valence-corrected chi connectivity index (χ0v) is 18.5. The van der Waals surface area contributed by atoms with Crippen molar-refractivity contribution < 1.29 is 13.2 Å². The Bertz CT molecular complexity index is 761. The number of guanidine groups is 1. The molecule has 2 heterocycles. The summed E-state index contributed by atoms with van der Waals surface area (Å²) in [5.41, 5.74) is 0.276. The van der Waals surface area contributed by atoms with E-state index in [4.69, 9.17) is 0 Å². The molecule has 29 heavy (non-hydrogen) atoms. The van der Waals surface area contributed by atoms with Crippen LogP contribution in [-0.2, 0) is 19.3 Å². The molecule has 160 valence electrons. The van der Waals surface area contributed by atoms with Crippen LogP contribution in [0.5, 0.6) is 0 Å². The molecule has 1 aliphatic heterocycles. The van der Waals surface area contributed by atoms with Crippen LogP contribution in [0.25, 0.3) is 0 Å². The van der Waals surface area contributed by atoms with Crippen molar-refractivity contribution >= 4 is 29.9 Å². The van der Waals surface area contributed by atoms with Gasteiger partial charge in [0.15, 0.2) is 5.96 Å². The Balaban J connectivity index is 0.00000300. The van der Waals surface area contributed by atoms with Gasteiger partial charge < -0.3 is 10.6 Å². The van der Waals surface area contributed by atoms with Crippen LogP contribution >= 0.6 is 24.0 Å². The van der Waals surface area contributed by atoms with Crippen LogP contribution in [0.4, 0.5) is 13.2 Å². The average molecular weight is 522 g/mol. The van der Waals surface area contributed by atoms with E-state index in [2.05, 4.69) is 25.6 Å². The van der Waals surface area contributed by atoms with Gasteiger partial charge in [-0.05, 0) is 30.2 Å². The molecule has 1 aromatic heterocycles. The molecule has 1 saturated heterocycles. The number of rotatable bonds is 6. The number of aliphatic imine (C=N–C) groups is 1. The van der Waals surface area contributed by atoms with Gasteiger partial charge in [-0.15, -0.1) is 24.0 Å². The van der Waals surface area contributed by atoms with Crippen LogP contribution in [0, 0.1) is 0 Å². The molecule has 0 bridgehead atoms. The van der Waals surface area contributed by atoms with Crippen molar-refractivity contribution in [1.82, 2.24) is 25.3 Å². The zero-order valence-electron chi connectivity index (χ0n) is 16.2. The summed E-state index contributed by atoms with van der Waals surface area (Å²) in [5.74, 6) is 0.744. The lowest BCUT2D eigenvalue weighted by molar-refractivity contribution is -0.137. The van der Waals surface area contributed by atoms with E-state index in [-0.39, 0.29) is 30.0 Å². The number of benzene rings is 1. The molecule has 10 heteroatoms. The number of alkyl halides is 3. The number of likely N-dealkylation sites (tertiary alicyclic amines) is 1. The van der Waals surface area contributed by atoms with Gasteiger partial charge in [-0.3, -0.25) is 14.6 Å². The van der Waals surface area contributed by atoms with Crippen molar-refractivity contribution in [1.29, 1.82) is 0 Å². The molecule has 1 fully saturated rings. The second-order valence-electron chi connectivity index (χ2n) is 6.83. The quantitative estimate of drug-likeness (QED) is 0.348. The van der Waals surface area contributed by atoms with Crippen LogP contribution in [0.2, 0.25) is 0 Å². The lowest BCUT2D eigenvalue weighted by Crippen LogP contribution is -2.45. The highest BCUT2D eigenvalue weighted by molar-refractivity contribution is 14.0. The minimum absolute atomic E-state index is 0.